The number of rotatable bonds is 4. The van der Waals surface area contributed by atoms with Gasteiger partial charge in [-0.25, -0.2) is 0 Å². The van der Waals surface area contributed by atoms with Crippen LogP contribution in [0, 0.1) is 20.8 Å². The zero-order chi connectivity index (χ0) is 18.1. The summed E-state index contributed by atoms with van der Waals surface area (Å²) < 4.78 is 6.11. The Kier molecular flexibility index (Phi) is 5.07. The lowest BCUT2D eigenvalue weighted by molar-refractivity contribution is -0.0508. The van der Waals surface area contributed by atoms with Gasteiger partial charge in [0.2, 0.25) is 0 Å². The van der Waals surface area contributed by atoms with Gasteiger partial charge in [0.15, 0.2) is 0 Å². The second-order valence-electron chi connectivity index (χ2n) is 7.91. The molecule has 0 bridgehead atoms. The predicted octanol–water partition coefficient (Wildman–Crippen LogP) is 3.09. The van der Waals surface area contributed by atoms with Gasteiger partial charge in [-0.05, 0) is 38.5 Å². The highest BCUT2D eigenvalue weighted by Gasteiger charge is 2.39. The Balaban J connectivity index is 1.44. The van der Waals surface area contributed by atoms with E-state index in [9.17, 15) is 0 Å². The average molecular weight is 351 g/mol. The van der Waals surface area contributed by atoms with E-state index in [1.165, 1.54) is 22.4 Å². The van der Waals surface area contributed by atoms with Gasteiger partial charge >= 0.3 is 0 Å². The van der Waals surface area contributed by atoms with Crippen LogP contribution in [0.4, 0.5) is 0 Å². The number of nitrogens with zero attached hydrogens (tertiary/aromatic N) is 3. The number of benzene rings is 1. The Labute approximate surface area is 156 Å². The largest absolute Gasteiger partial charge is 0.374 e. The van der Waals surface area contributed by atoms with Gasteiger partial charge in [0.25, 0.3) is 0 Å². The fourth-order valence-corrected chi connectivity index (χ4v) is 4.47. The van der Waals surface area contributed by atoms with Gasteiger partial charge in [0.05, 0.1) is 24.4 Å². The van der Waals surface area contributed by atoms with E-state index in [4.69, 9.17) is 9.72 Å². The molecule has 0 radical (unpaired) electrons. The van der Waals surface area contributed by atoms with Gasteiger partial charge in [0, 0.05) is 38.4 Å². The molecule has 2 atom stereocenters. The molecule has 2 saturated heterocycles. The molecule has 1 aromatic carbocycles. The maximum atomic E-state index is 6.11. The zero-order valence-electron chi connectivity index (χ0n) is 16.1. The second kappa shape index (κ2) is 7.47. The molecule has 0 saturated carbocycles. The smallest absolute Gasteiger partial charge is 0.0870 e. The van der Waals surface area contributed by atoms with Crippen LogP contribution in [0.1, 0.15) is 28.1 Å². The van der Waals surface area contributed by atoms with Gasteiger partial charge in [-0.1, -0.05) is 35.4 Å². The molecule has 0 N–H and O–H groups in total. The van der Waals surface area contributed by atoms with Crippen LogP contribution in [0.3, 0.4) is 0 Å². The van der Waals surface area contributed by atoms with Crippen LogP contribution >= 0.6 is 0 Å². The minimum Gasteiger partial charge on any atom is -0.374 e. The molecular weight excluding hydrogens is 322 g/mol. The quantitative estimate of drug-likeness (QED) is 0.846. The Morgan fingerprint density at radius 2 is 1.85 bits per heavy atom. The van der Waals surface area contributed by atoms with E-state index in [-0.39, 0.29) is 0 Å². The maximum Gasteiger partial charge on any atom is 0.0870 e. The number of pyridine rings is 1. The number of aromatic nitrogens is 1. The van der Waals surface area contributed by atoms with E-state index in [2.05, 4.69) is 67.0 Å². The number of fused-ring (bicyclic) bond motifs is 1. The first kappa shape index (κ1) is 17.7. The van der Waals surface area contributed by atoms with E-state index in [0.29, 0.717) is 12.1 Å². The van der Waals surface area contributed by atoms with Crippen LogP contribution in [0.2, 0.25) is 0 Å². The summed E-state index contributed by atoms with van der Waals surface area (Å²) in [4.78, 5) is 9.81. The lowest BCUT2D eigenvalue weighted by Crippen LogP contribution is -2.50. The van der Waals surface area contributed by atoms with Crippen molar-refractivity contribution in [1.82, 2.24) is 14.8 Å². The van der Waals surface area contributed by atoms with Crippen LogP contribution in [-0.4, -0.2) is 53.2 Å². The van der Waals surface area contributed by atoms with Crippen molar-refractivity contribution in [3.63, 3.8) is 0 Å². The molecular formula is C22H29N3O. The molecule has 4 rings (SSSR count). The Morgan fingerprint density at radius 1 is 1.04 bits per heavy atom. The monoisotopic (exact) mass is 351 g/mol. The molecule has 1 aromatic heterocycles. The van der Waals surface area contributed by atoms with Gasteiger partial charge in [-0.2, -0.15) is 0 Å². The van der Waals surface area contributed by atoms with Crippen molar-refractivity contribution in [2.75, 3.05) is 26.2 Å². The number of likely N-dealkylation sites (tertiary alicyclic amines) is 1. The summed E-state index contributed by atoms with van der Waals surface area (Å²) in [7, 11) is 0. The SMILES string of the molecule is Cc1cc(C)cc(CN2C[C@@H]3OCCN(Cc4cccc(C)n4)[C@@H]3C2)c1. The molecule has 2 aliphatic rings. The number of aryl methyl sites for hydroxylation is 3. The van der Waals surface area contributed by atoms with E-state index < -0.39 is 0 Å². The number of ether oxygens (including phenoxy) is 1. The number of hydrogen-bond acceptors (Lipinski definition) is 4. The average Bonchev–Trinajstić information content (AvgIpc) is 2.97. The second-order valence-corrected chi connectivity index (χ2v) is 7.91. The van der Waals surface area contributed by atoms with Crippen molar-refractivity contribution in [2.24, 2.45) is 0 Å². The molecule has 4 heteroatoms. The summed E-state index contributed by atoms with van der Waals surface area (Å²) in [6.07, 6.45) is 0.319. The fraction of sp³-hybridized carbons (Fsp3) is 0.500. The Hall–Kier alpha value is -1.75. The van der Waals surface area contributed by atoms with Crippen LogP contribution in [0.25, 0.3) is 0 Å². The van der Waals surface area contributed by atoms with Crippen molar-refractivity contribution in [2.45, 2.75) is 46.0 Å². The lowest BCUT2D eigenvalue weighted by atomic mass is 10.1. The van der Waals surface area contributed by atoms with E-state index >= 15 is 0 Å². The van der Waals surface area contributed by atoms with Gasteiger partial charge in [-0.3, -0.25) is 14.8 Å². The van der Waals surface area contributed by atoms with Gasteiger partial charge in [0.1, 0.15) is 0 Å². The van der Waals surface area contributed by atoms with Crippen molar-refractivity contribution in [1.29, 1.82) is 0 Å². The first-order valence-corrected chi connectivity index (χ1v) is 9.64. The molecule has 0 spiro atoms. The van der Waals surface area contributed by atoms with Crippen molar-refractivity contribution in [3.8, 4) is 0 Å². The third-order valence-electron chi connectivity index (χ3n) is 5.49. The van der Waals surface area contributed by atoms with Crippen LogP contribution in [0.5, 0.6) is 0 Å². The lowest BCUT2D eigenvalue weighted by Gasteiger charge is -2.36. The zero-order valence-corrected chi connectivity index (χ0v) is 16.1. The first-order valence-electron chi connectivity index (χ1n) is 9.64. The highest BCUT2D eigenvalue weighted by atomic mass is 16.5. The molecule has 3 heterocycles. The Bertz CT molecular complexity index is 755. The highest BCUT2D eigenvalue weighted by molar-refractivity contribution is 5.28. The molecule has 2 aromatic rings. The number of morpholine rings is 1. The topological polar surface area (TPSA) is 28.6 Å². The predicted molar refractivity (Wildman–Crippen MR) is 104 cm³/mol. The summed E-state index contributed by atoms with van der Waals surface area (Å²) in [5, 5.41) is 0. The third kappa shape index (κ3) is 3.98. The highest BCUT2D eigenvalue weighted by Crippen LogP contribution is 2.26. The summed E-state index contributed by atoms with van der Waals surface area (Å²) in [6, 6.07) is 13.6. The first-order chi connectivity index (χ1) is 12.6. The van der Waals surface area contributed by atoms with Gasteiger partial charge < -0.3 is 4.74 Å². The molecule has 4 nitrogen and oxygen atoms in total. The summed E-state index contributed by atoms with van der Waals surface area (Å²) in [5.41, 5.74) is 6.36. The molecule has 26 heavy (non-hydrogen) atoms. The standard InChI is InChI=1S/C22H29N3O/c1-16-9-17(2)11-19(10-16)12-24-14-21-22(15-24)26-8-7-25(21)13-20-6-4-5-18(3)23-20/h4-6,9-11,21-22H,7-8,12-15H2,1-3H3/t21-,22+/m1/s1. The normalized spacial score (nSPS) is 24.0. The van der Waals surface area contributed by atoms with Crippen LogP contribution in [0.15, 0.2) is 36.4 Å². The van der Waals surface area contributed by atoms with E-state index in [1.54, 1.807) is 0 Å². The molecule has 0 aliphatic carbocycles. The molecule has 0 amide bonds. The van der Waals surface area contributed by atoms with Crippen molar-refractivity contribution >= 4 is 0 Å². The third-order valence-corrected chi connectivity index (χ3v) is 5.49. The van der Waals surface area contributed by atoms with Crippen molar-refractivity contribution < 1.29 is 4.74 Å². The number of hydrogen-bond donors (Lipinski definition) is 0. The fourth-order valence-electron chi connectivity index (χ4n) is 4.47. The summed E-state index contributed by atoms with van der Waals surface area (Å²) in [5.74, 6) is 0. The summed E-state index contributed by atoms with van der Waals surface area (Å²) >= 11 is 0. The van der Waals surface area contributed by atoms with Gasteiger partial charge in [-0.15, -0.1) is 0 Å². The van der Waals surface area contributed by atoms with Crippen LogP contribution in [-0.2, 0) is 17.8 Å². The maximum absolute atomic E-state index is 6.11. The molecule has 138 valence electrons. The van der Waals surface area contributed by atoms with Crippen LogP contribution < -0.4 is 0 Å². The van der Waals surface area contributed by atoms with Crippen molar-refractivity contribution in [3.05, 3.63) is 64.5 Å². The van der Waals surface area contributed by atoms with E-state index in [0.717, 1.165) is 45.0 Å². The molecule has 2 aliphatic heterocycles. The minimum atomic E-state index is 0.319. The molecule has 0 unspecified atom stereocenters. The summed E-state index contributed by atoms with van der Waals surface area (Å²) in [6.45, 7) is 12.3. The Morgan fingerprint density at radius 3 is 2.62 bits per heavy atom. The minimum absolute atomic E-state index is 0.319. The van der Waals surface area contributed by atoms with E-state index in [1.807, 2.05) is 0 Å². The molecule has 2 fully saturated rings.